The van der Waals surface area contributed by atoms with Crippen LogP contribution >= 0.6 is 0 Å². The van der Waals surface area contributed by atoms with Gasteiger partial charge in [-0.15, -0.1) is 5.10 Å². The van der Waals surface area contributed by atoms with Crippen molar-refractivity contribution in [3.05, 3.63) is 6.20 Å². The Kier molecular flexibility index (Phi) is 4.61. The van der Waals surface area contributed by atoms with Crippen LogP contribution in [0.4, 0.5) is 4.79 Å². The molecule has 116 valence electrons. The Hall–Kier alpha value is -2.32. The quantitative estimate of drug-likeness (QED) is 0.701. The van der Waals surface area contributed by atoms with Crippen molar-refractivity contribution < 1.29 is 24.2 Å². The van der Waals surface area contributed by atoms with E-state index in [0.717, 1.165) is 12.8 Å². The molecule has 21 heavy (non-hydrogen) atoms. The number of carboxylic acids is 1. The third kappa shape index (κ3) is 3.41. The Morgan fingerprint density at radius 2 is 2.33 bits per heavy atom. The zero-order valence-electron chi connectivity index (χ0n) is 11.4. The standard InChI is InChI=1S/C12H18N4O5/c13-11(19)20-6-4-8-3-1-2-5-12(8,10(17)18)21-9-7-14-16-15-9/h7-8H,1-6H2,(H2,13,19)(H,17,18)(H,14,15,16). The van der Waals surface area contributed by atoms with Gasteiger partial charge < -0.3 is 20.3 Å². The van der Waals surface area contributed by atoms with E-state index in [1.165, 1.54) is 6.20 Å². The van der Waals surface area contributed by atoms with Crippen LogP contribution in [0.25, 0.3) is 0 Å². The fourth-order valence-electron chi connectivity index (χ4n) is 2.78. The Labute approximate surface area is 120 Å². The first-order valence-electron chi connectivity index (χ1n) is 6.75. The van der Waals surface area contributed by atoms with E-state index >= 15 is 0 Å². The number of H-pyrrole nitrogens is 1. The molecular weight excluding hydrogens is 280 g/mol. The lowest BCUT2D eigenvalue weighted by molar-refractivity contribution is -0.165. The SMILES string of the molecule is NC(=O)OCCC1CCCCC1(Oc1cn[nH]n1)C(=O)O. The van der Waals surface area contributed by atoms with Gasteiger partial charge in [-0.05, 0) is 25.7 Å². The second kappa shape index (κ2) is 6.42. The molecule has 2 rings (SSSR count). The van der Waals surface area contributed by atoms with Crippen LogP contribution in [-0.4, -0.2) is 44.8 Å². The lowest BCUT2D eigenvalue weighted by Crippen LogP contribution is -2.53. The number of amides is 1. The van der Waals surface area contributed by atoms with Crippen molar-refractivity contribution >= 4 is 12.1 Å². The van der Waals surface area contributed by atoms with Crippen LogP contribution in [0.5, 0.6) is 5.88 Å². The summed E-state index contributed by atoms with van der Waals surface area (Å²) in [4.78, 5) is 22.4. The van der Waals surface area contributed by atoms with E-state index in [4.69, 9.17) is 15.2 Å². The summed E-state index contributed by atoms with van der Waals surface area (Å²) in [6.45, 7) is 0.0667. The summed E-state index contributed by atoms with van der Waals surface area (Å²) < 4.78 is 10.3. The largest absolute Gasteiger partial charge is 0.478 e. The molecule has 1 saturated carbocycles. The van der Waals surface area contributed by atoms with Crippen molar-refractivity contribution in [1.82, 2.24) is 15.4 Å². The van der Waals surface area contributed by atoms with Crippen LogP contribution in [0, 0.1) is 5.92 Å². The van der Waals surface area contributed by atoms with Gasteiger partial charge in [0.15, 0.2) is 0 Å². The number of ether oxygens (including phenoxy) is 2. The van der Waals surface area contributed by atoms with Crippen molar-refractivity contribution in [3.8, 4) is 5.88 Å². The van der Waals surface area contributed by atoms with Crippen LogP contribution < -0.4 is 10.5 Å². The molecule has 9 heteroatoms. The molecule has 0 aliphatic heterocycles. The molecular formula is C12H18N4O5. The normalized spacial score (nSPS) is 25.2. The summed E-state index contributed by atoms with van der Waals surface area (Å²) in [5.41, 5.74) is 3.54. The lowest BCUT2D eigenvalue weighted by atomic mass is 9.73. The van der Waals surface area contributed by atoms with Crippen molar-refractivity contribution in [2.24, 2.45) is 11.7 Å². The molecule has 1 amide bonds. The van der Waals surface area contributed by atoms with E-state index in [0.29, 0.717) is 19.3 Å². The summed E-state index contributed by atoms with van der Waals surface area (Å²) >= 11 is 0. The van der Waals surface area contributed by atoms with Gasteiger partial charge in [-0.1, -0.05) is 6.42 Å². The van der Waals surface area contributed by atoms with E-state index < -0.39 is 17.7 Å². The van der Waals surface area contributed by atoms with Crippen LogP contribution in [0.1, 0.15) is 32.1 Å². The molecule has 1 aliphatic rings. The second-order valence-corrected chi connectivity index (χ2v) is 5.00. The van der Waals surface area contributed by atoms with E-state index in [9.17, 15) is 14.7 Å². The molecule has 1 fully saturated rings. The minimum Gasteiger partial charge on any atom is -0.478 e. The summed E-state index contributed by atoms with van der Waals surface area (Å²) in [7, 11) is 0. The average Bonchev–Trinajstić information content (AvgIpc) is 2.93. The molecule has 0 saturated heterocycles. The molecule has 0 spiro atoms. The Morgan fingerprint density at radius 3 is 2.95 bits per heavy atom. The fourth-order valence-corrected chi connectivity index (χ4v) is 2.78. The van der Waals surface area contributed by atoms with Crippen LogP contribution in [0.15, 0.2) is 6.20 Å². The zero-order valence-corrected chi connectivity index (χ0v) is 11.4. The molecule has 1 aromatic rings. The molecule has 2 atom stereocenters. The van der Waals surface area contributed by atoms with E-state index in [2.05, 4.69) is 15.4 Å². The van der Waals surface area contributed by atoms with Crippen molar-refractivity contribution in [3.63, 3.8) is 0 Å². The molecule has 0 radical (unpaired) electrons. The molecule has 9 nitrogen and oxygen atoms in total. The van der Waals surface area contributed by atoms with E-state index in [-0.39, 0.29) is 18.4 Å². The average molecular weight is 298 g/mol. The first kappa shape index (κ1) is 15.1. The highest BCUT2D eigenvalue weighted by Crippen LogP contribution is 2.39. The van der Waals surface area contributed by atoms with Crippen molar-refractivity contribution in [2.45, 2.75) is 37.7 Å². The predicted octanol–water partition coefficient (Wildman–Crippen LogP) is 0.682. The highest BCUT2D eigenvalue weighted by atomic mass is 16.5. The maximum absolute atomic E-state index is 11.8. The number of nitrogens with zero attached hydrogens (tertiary/aromatic N) is 2. The zero-order chi connectivity index (χ0) is 15.3. The first-order valence-corrected chi connectivity index (χ1v) is 6.75. The monoisotopic (exact) mass is 298 g/mol. The number of aliphatic carboxylic acids is 1. The number of hydrogen-bond acceptors (Lipinski definition) is 6. The van der Waals surface area contributed by atoms with Gasteiger partial charge in [-0.2, -0.15) is 10.3 Å². The number of carbonyl (C=O) groups is 2. The summed E-state index contributed by atoms with van der Waals surface area (Å²) in [5.74, 6) is -1.20. The number of nitrogens with two attached hydrogens (primary N) is 1. The van der Waals surface area contributed by atoms with Gasteiger partial charge in [-0.25, -0.2) is 9.59 Å². The van der Waals surface area contributed by atoms with Gasteiger partial charge in [0.1, 0.15) is 6.20 Å². The van der Waals surface area contributed by atoms with Gasteiger partial charge in [-0.3, -0.25) is 0 Å². The Bertz CT molecular complexity index is 492. The highest BCUT2D eigenvalue weighted by Gasteiger charge is 2.50. The number of nitrogens with one attached hydrogen (secondary N) is 1. The Balaban J connectivity index is 2.13. The lowest BCUT2D eigenvalue weighted by Gasteiger charge is -2.39. The maximum Gasteiger partial charge on any atom is 0.404 e. The number of primary amides is 1. The van der Waals surface area contributed by atoms with Gasteiger partial charge in [0, 0.05) is 5.92 Å². The third-order valence-corrected chi connectivity index (χ3v) is 3.76. The van der Waals surface area contributed by atoms with Crippen LogP contribution in [-0.2, 0) is 9.53 Å². The summed E-state index contributed by atoms with van der Waals surface area (Å²) in [5, 5.41) is 19.4. The highest BCUT2D eigenvalue weighted by molar-refractivity contribution is 5.78. The maximum atomic E-state index is 11.8. The molecule has 1 aliphatic carbocycles. The molecule has 0 aromatic carbocycles. The smallest absolute Gasteiger partial charge is 0.404 e. The number of carboxylic acid groups (broad SMARTS) is 1. The minimum atomic E-state index is -1.38. The third-order valence-electron chi connectivity index (χ3n) is 3.76. The van der Waals surface area contributed by atoms with Crippen LogP contribution in [0.3, 0.4) is 0 Å². The van der Waals surface area contributed by atoms with Crippen molar-refractivity contribution in [1.29, 1.82) is 0 Å². The van der Waals surface area contributed by atoms with Crippen molar-refractivity contribution in [2.75, 3.05) is 6.61 Å². The van der Waals surface area contributed by atoms with E-state index in [1.807, 2.05) is 0 Å². The second-order valence-electron chi connectivity index (χ2n) is 5.00. The topological polar surface area (TPSA) is 140 Å². The summed E-state index contributed by atoms with van der Waals surface area (Å²) in [6.07, 6.45) is 3.52. The molecule has 1 aromatic heterocycles. The summed E-state index contributed by atoms with van der Waals surface area (Å²) in [6, 6.07) is 0. The van der Waals surface area contributed by atoms with Gasteiger partial charge in [0.2, 0.25) is 5.60 Å². The van der Waals surface area contributed by atoms with E-state index in [1.54, 1.807) is 0 Å². The Morgan fingerprint density at radius 1 is 1.52 bits per heavy atom. The van der Waals surface area contributed by atoms with Gasteiger partial charge >= 0.3 is 12.1 Å². The van der Waals surface area contributed by atoms with Gasteiger partial charge in [0.05, 0.1) is 6.61 Å². The number of rotatable bonds is 6. The fraction of sp³-hybridized carbons (Fsp3) is 0.667. The minimum absolute atomic E-state index is 0.0667. The molecule has 1 heterocycles. The van der Waals surface area contributed by atoms with Gasteiger partial charge in [0.25, 0.3) is 5.88 Å². The van der Waals surface area contributed by atoms with Crippen LogP contribution in [0.2, 0.25) is 0 Å². The number of aromatic nitrogens is 3. The molecule has 4 N–H and O–H groups in total. The number of aromatic amines is 1. The first-order chi connectivity index (χ1) is 10.0. The molecule has 0 bridgehead atoms. The predicted molar refractivity (Wildman–Crippen MR) is 69.5 cm³/mol. The number of hydrogen-bond donors (Lipinski definition) is 3. The number of carbonyl (C=O) groups excluding carboxylic acids is 1. The molecule has 2 unspecified atom stereocenters.